The van der Waals surface area contributed by atoms with Crippen molar-refractivity contribution >= 4 is 23.2 Å². The Morgan fingerprint density at radius 2 is 1.46 bits per heavy atom. The number of anilines is 2. The molecule has 0 saturated carbocycles. The van der Waals surface area contributed by atoms with Gasteiger partial charge in [0.25, 0.3) is 0 Å². The fourth-order valence-corrected chi connectivity index (χ4v) is 2.78. The Kier molecular flexibility index (Phi) is 8.49. The van der Waals surface area contributed by atoms with E-state index in [9.17, 15) is 9.59 Å². The molecule has 0 bridgehead atoms. The minimum absolute atomic E-state index is 0.102. The van der Waals surface area contributed by atoms with Gasteiger partial charge < -0.3 is 15.4 Å². The third-order valence-corrected chi connectivity index (χ3v) is 4.12. The Hall–Kier alpha value is -2.86. The number of nitrogens with one attached hydrogen (secondary N) is 2. The van der Waals surface area contributed by atoms with Gasteiger partial charge in [0.1, 0.15) is 5.75 Å². The number of rotatable bonds is 10. The predicted octanol–water partition coefficient (Wildman–Crippen LogP) is 3.55. The molecule has 150 valence electrons. The summed E-state index contributed by atoms with van der Waals surface area (Å²) in [6.07, 6.45) is 1.73. The number of para-hydroxylation sites is 3. The van der Waals surface area contributed by atoms with Crippen LogP contribution in [-0.4, -0.2) is 43.5 Å². The highest BCUT2D eigenvalue weighted by molar-refractivity contribution is 5.95. The predicted molar refractivity (Wildman–Crippen MR) is 113 cm³/mol. The first kappa shape index (κ1) is 21.4. The zero-order valence-corrected chi connectivity index (χ0v) is 16.8. The lowest BCUT2D eigenvalue weighted by Crippen LogP contribution is -2.36. The monoisotopic (exact) mass is 383 g/mol. The Morgan fingerprint density at radius 3 is 2.11 bits per heavy atom. The number of amides is 2. The molecule has 0 spiro atoms. The second kappa shape index (κ2) is 11.1. The van der Waals surface area contributed by atoms with E-state index >= 15 is 0 Å². The van der Waals surface area contributed by atoms with Crippen molar-refractivity contribution in [2.75, 3.05) is 37.4 Å². The number of benzene rings is 2. The summed E-state index contributed by atoms with van der Waals surface area (Å²) in [6.45, 7) is 4.89. The molecule has 0 saturated heterocycles. The average Bonchev–Trinajstić information content (AvgIpc) is 2.67. The lowest BCUT2D eigenvalue weighted by atomic mass is 10.1. The van der Waals surface area contributed by atoms with Gasteiger partial charge in [0, 0.05) is 5.69 Å². The molecular formula is C22H29N3O3. The quantitative estimate of drug-likeness (QED) is 0.658. The van der Waals surface area contributed by atoms with Gasteiger partial charge in [0.15, 0.2) is 0 Å². The Labute approximate surface area is 166 Å². The molecule has 2 amide bonds. The molecule has 0 aromatic heterocycles. The molecule has 0 aliphatic heterocycles. The second-order valence-electron chi connectivity index (χ2n) is 6.62. The summed E-state index contributed by atoms with van der Waals surface area (Å²) in [4.78, 5) is 26.3. The average molecular weight is 383 g/mol. The number of nitrogens with zero attached hydrogens (tertiary/aromatic N) is 1. The molecule has 2 aromatic carbocycles. The number of aryl methyl sites for hydroxylation is 1. The normalized spacial score (nSPS) is 10.6. The van der Waals surface area contributed by atoms with Crippen molar-refractivity contribution in [3.05, 3.63) is 54.1 Å². The SMILES string of the molecule is CCCOc1ccccc1NC(=O)CN(C)CC(=O)Nc1ccccc1CC. The summed E-state index contributed by atoms with van der Waals surface area (Å²) in [5.74, 6) is 0.300. The van der Waals surface area contributed by atoms with Crippen LogP contribution in [0.1, 0.15) is 25.8 Å². The number of carbonyl (C=O) groups excluding carboxylic acids is 2. The van der Waals surface area contributed by atoms with Crippen molar-refractivity contribution in [2.24, 2.45) is 0 Å². The molecule has 28 heavy (non-hydrogen) atoms. The zero-order valence-electron chi connectivity index (χ0n) is 16.8. The minimum Gasteiger partial charge on any atom is -0.491 e. The Morgan fingerprint density at radius 1 is 0.893 bits per heavy atom. The van der Waals surface area contributed by atoms with E-state index < -0.39 is 0 Å². The van der Waals surface area contributed by atoms with Gasteiger partial charge in [-0.2, -0.15) is 0 Å². The molecule has 0 aliphatic carbocycles. The van der Waals surface area contributed by atoms with Crippen molar-refractivity contribution < 1.29 is 14.3 Å². The minimum atomic E-state index is -0.197. The standard InChI is InChI=1S/C22H29N3O3/c1-4-14-28-20-13-9-8-12-19(20)24-22(27)16-25(3)15-21(26)23-18-11-7-6-10-17(18)5-2/h6-13H,4-5,14-16H2,1-3H3,(H,23,26)(H,24,27). The van der Waals surface area contributed by atoms with Crippen molar-refractivity contribution in [1.82, 2.24) is 4.90 Å². The highest BCUT2D eigenvalue weighted by atomic mass is 16.5. The summed E-state index contributed by atoms with van der Waals surface area (Å²) < 4.78 is 5.65. The molecular weight excluding hydrogens is 354 g/mol. The van der Waals surface area contributed by atoms with Crippen LogP contribution in [0.4, 0.5) is 11.4 Å². The van der Waals surface area contributed by atoms with Crippen molar-refractivity contribution in [3.8, 4) is 5.75 Å². The maximum Gasteiger partial charge on any atom is 0.238 e. The Balaban J connectivity index is 1.86. The largest absolute Gasteiger partial charge is 0.491 e. The van der Waals surface area contributed by atoms with Crippen LogP contribution < -0.4 is 15.4 Å². The number of hydrogen-bond donors (Lipinski definition) is 2. The van der Waals surface area contributed by atoms with E-state index in [2.05, 4.69) is 10.6 Å². The van der Waals surface area contributed by atoms with Crippen LogP contribution >= 0.6 is 0 Å². The van der Waals surface area contributed by atoms with Gasteiger partial charge >= 0.3 is 0 Å². The summed E-state index contributed by atoms with van der Waals surface area (Å²) in [5.41, 5.74) is 2.53. The first-order valence-electron chi connectivity index (χ1n) is 9.61. The van der Waals surface area contributed by atoms with E-state index in [4.69, 9.17) is 4.74 Å². The lowest BCUT2D eigenvalue weighted by molar-refractivity contribution is -0.119. The molecule has 6 nitrogen and oxygen atoms in total. The molecule has 2 N–H and O–H groups in total. The zero-order chi connectivity index (χ0) is 20.4. The van der Waals surface area contributed by atoms with Gasteiger partial charge in [-0.05, 0) is 43.7 Å². The topological polar surface area (TPSA) is 70.7 Å². The second-order valence-corrected chi connectivity index (χ2v) is 6.62. The van der Waals surface area contributed by atoms with Gasteiger partial charge in [0.05, 0.1) is 25.4 Å². The highest BCUT2D eigenvalue weighted by Crippen LogP contribution is 2.23. The third kappa shape index (κ3) is 6.70. The van der Waals surface area contributed by atoms with Gasteiger partial charge in [-0.1, -0.05) is 44.2 Å². The molecule has 0 unspecified atom stereocenters. The van der Waals surface area contributed by atoms with E-state index in [0.717, 1.165) is 24.1 Å². The molecule has 0 atom stereocenters. The van der Waals surface area contributed by atoms with Gasteiger partial charge in [-0.15, -0.1) is 0 Å². The molecule has 0 heterocycles. The Bertz CT molecular complexity index is 792. The molecule has 0 fully saturated rings. The smallest absolute Gasteiger partial charge is 0.238 e. The number of carbonyl (C=O) groups is 2. The van der Waals surface area contributed by atoms with Gasteiger partial charge in [0.2, 0.25) is 11.8 Å². The van der Waals surface area contributed by atoms with E-state index in [-0.39, 0.29) is 24.9 Å². The number of ether oxygens (including phenoxy) is 1. The first-order valence-corrected chi connectivity index (χ1v) is 9.61. The van der Waals surface area contributed by atoms with Crippen LogP contribution in [0, 0.1) is 0 Å². The van der Waals surface area contributed by atoms with E-state index in [1.165, 1.54) is 0 Å². The van der Waals surface area contributed by atoms with E-state index in [1.807, 2.05) is 56.3 Å². The maximum absolute atomic E-state index is 12.3. The summed E-state index contributed by atoms with van der Waals surface area (Å²) in [6, 6.07) is 15.1. The lowest BCUT2D eigenvalue weighted by Gasteiger charge is -2.18. The van der Waals surface area contributed by atoms with Gasteiger partial charge in [-0.25, -0.2) is 0 Å². The number of hydrogen-bond acceptors (Lipinski definition) is 4. The molecule has 2 aromatic rings. The van der Waals surface area contributed by atoms with Crippen LogP contribution in [0.15, 0.2) is 48.5 Å². The van der Waals surface area contributed by atoms with Crippen LogP contribution in [0.2, 0.25) is 0 Å². The third-order valence-electron chi connectivity index (χ3n) is 4.12. The van der Waals surface area contributed by atoms with E-state index in [0.29, 0.717) is 18.0 Å². The van der Waals surface area contributed by atoms with E-state index in [1.54, 1.807) is 18.0 Å². The molecule has 6 heteroatoms. The maximum atomic E-state index is 12.3. The highest BCUT2D eigenvalue weighted by Gasteiger charge is 2.13. The van der Waals surface area contributed by atoms with Crippen LogP contribution in [0.3, 0.4) is 0 Å². The molecule has 0 aliphatic rings. The summed E-state index contributed by atoms with van der Waals surface area (Å²) in [5, 5.41) is 5.77. The van der Waals surface area contributed by atoms with Gasteiger partial charge in [-0.3, -0.25) is 14.5 Å². The number of likely N-dealkylation sites (N-methyl/N-ethyl adjacent to an activating group) is 1. The summed E-state index contributed by atoms with van der Waals surface area (Å²) in [7, 11) is 1.74. The summed E-state index contributed by atoms with van der Waals surface area (Å²) >= 11 is 0. The van der Waals surface area contributed by atoms with Crippen molar-refractivity contribution in [2.45, 2.75) is 26.7 Å². The van der Waals surface area contributed by atoms with Crippen molar-refractivity contribution in [1.29, 1.82) is 0 Å². The van der Waals surface area contributed by atoms with Crippen LogP contribution in [0.25, 0.3) is 0 Å². The van der Waals surface area contributed by atoms with Crippen molar-refractivity contribution in [3.63, 3.8) is 0 Å². The fourth-order valence-electron chi connectivity index (χ4n) is 2.78. The molecule has 2 rings (SSSR count). The first-order chi connectivity index (χ1) is 13.5. The van der Waals surface area contributed by atoms with Crippen LogP contribution in [0.5, 0.6) is 5.75 Å². The van der Waals surface area contributed by atoms with Crippen LogP contribution in [-0.2, 0) is 16.0 Å². The molecule has 0 radical (unpaired) electrons. The fraction of sp³-hybridized carbons (Fsp3) is 0.364.